The number of para-hydroxylation sites is 2. The number of benzene rings is 2. The molecule has 3 rings (SSSR count). The molecule has 0 radical (unpaired) electrons. The van der Waals surface area contributed by atoms with E-state index in [0.717, 1.165) is 37.7 Å². The first-order chi connectivity index (χ1) is 11.8. The maximum atomic E-state index is 5.95. The predicted octanol–water partition coefficient (Wildman–Crippen LogP) is 3.94. The average Bonchev–Trinajstić information content (AvgIpc) is 2.62. The van der Waals surface area contributed by atoms with Crippen molar-refractivity contribution in [1.82, 2.24) is 4.90 Å². The molecule has 1 aliphatic heterocycles. The van der Waals surface area contributed by atoms with E-state index in [4.69, 9.17) is 14.2 Å². The minimum absolute atomic E-state index is 0. The van der Waals surface area contributed by atoms with Crippen molar-refractivity contribution in [1.29, 1.82) is 0 Å². The van der Waals surface area contributed by atoms with E-state index < -0.39 is 0 Å². The van der Waals surface area contributed by atoms with Crippen molar-refractivity contribution < 1.29 is 14.2 Å². The summed E-state index contributed by atoms with van der Waals surface area (Å²) in [5.41, 5.74) is 1.33. The molecule has 1 atom stereocenters. The Kier molecular flexibility index (Phi) is 8.25. The SMILES string of the molecule is Br.CCOc1ccccc1OC[C@@H]1CN(Cc2ccccc2)CCO1. The monoisotopic (exact) mass is 407 g/mol. The molecular weight excluding hydrogens is 382 g/mol. The Hall–Kier alpha value is -1.56. The van der Waals surface area contributed by atoms with Crippen LogP contribution in [0.2, 0.25) is 0 Å². The molecule has 136 valence electrons. The molecule has 1 saturated heterocycles. The number of rotatable bonds is 7. The Morgan fingerprint density at radius 2 is 1.68 bits per heavy atom. The van der Waals surface area contributed by atoms with Crippen LogP contribution in [0.4, 0.5) is 0 Å². The lowest BCUT2D eigenvalue weighted by Gasteiger charge is -2.32. The lowest BCUT2D eigenvalue weighted by molar-refractivity contribution is -0.0507. The van der Waals surface area contributed by atoms with Crippen LogP contribution in [0.5, 0.6) is 11.5 Å². The first kappa shape index (κ1) is 19.8. The molecule has 0 N–H and O–H groups in total. The zero-order chi connectivity index (χ0) is 16.6. The molecule has 0 saturated carbocycles. The summed E-state index contributed by atoms with van der Waals surface area (Å²) >= 11 is 0. The normalized spacial score (nSPS) is 17.6. The van der Waals surface area contributed by atoms with E-state index in [1.54, 1.807) is 0 Å². The fourth-order valence-corrected chi connectivity index (χ4v) is 2.89. The quantitative estimate of drug-likeness (QED) is 0.695. The number of hydrogen-bond acceptors (Lipinski definition) is 4. The van der Waals surface area contributed by atoms with E-state index in [2.05, 4.69) is 35.2 Å². The van der Waals surface area contributed by atoms with Gasteiger partial charge in [-0.2, -0.15) is 0 Å². The molecule has 0 amide bonds. The lowest BCUT2D eigenvalue weighted by Crippen LogP contribution is -2.44. The van der Waals surface area contributed by atoms with Gasteiger partial charge in [-0.15, -0.1) is 17.0 Å². The fraction of sp³-hybridized carbons (Fsp3) is 0.400. The highest BCUT2D eigenvalue weighted by molar-refractivity contribution is 8.93. The van der Waals surface area contributed by atoms with Crippen LogP contribution >= 0.6 is 17.0 Å². The molecule has 1 heterocycles. The molecule has 0 spiro atoms. The van der Waals surface area contributed by atoms with Crippen LogP contribution in [-0.2, 0) is 11.3 Å². The second kappa shape index (κ2) is 10.4. The molecule has 4 nitrogen and oxygen atoms in total. The molecule has 0 bridgehead atoms. The van der Waals surface area contributed by atoms with Gasteiger partial charge in [0.25, 0.3) is 0 Å². The molecule has 1 aliphatic rings. The van der Waals surface area contributed by atoms with Gasteiger partial charge in [-0.1, -0.05) is 42.5 Å². The van der Waals surface area contributed by atoms with E-state index >= 15 is 0 Å². The highest BCUT2D eigenvalue weighted by Gasteiger charge is 2.21. The summed E-state index contributed by atoms with van der Waals surface area (Å²) in [6.07, 6.45) is 0.0807. The summed E-state index contributed by atoms with van der Waals surface area (Å²) in [7, 11) is 0. The Morgan fingerprint density at radius 3 is 2.40 bits per heavy atom. The van der Waals surface area contributed by atoms with Crippen LogP contribution in [0.25, 0.3) is 0 Å². The second-order valence-corrected chi connectivity index (χ2v) is 5.90. The molecule has 25 heavy (non-hydrogen) atoms. The molecule has 2 aromatic carbocycles. The van der Waals surface area contributed by atoms with Gasteiger partial charge in [-0.3, -0.25) is 4.90 Å². The maximum Gasteiger partial charge on any atom is 0.161 e. The van der Waals surface area contributed by atoms with Gasteiger partial charge >= 0.3 is 0 Å². The van der Waals surface area contributed by atoms with Crippen molar-refractivity contribution in [2.45, 2.75) is 19.6 Å². The summed E-state index contributed by atoms with van der Waals surface area (Å²) in [6, 6.07) is 18.3. The summed E-state index contributed by atoms with van der Waals surface area (Å²) < 4.78 is 17.4. The molecule has 2 aromatic rings. The van der Waals surface area contributed by atoms with Crippen LogP contribution in [-0.4, -0.2) is 43.9 Å². The van der Waals surface area contributed by atoms with Crippen molar-refractivity contribution in [3.8, 4) is 11.5 Å². The van der Waals surface area contributed by atoms with Crippen LogP contribution < -0.4 is 9.47 Å². The standard InChI is InChI=1S/C20H25NO3.BrH/c1-2-22-19-10-6-7-11-20(19)24-16-18-15-21(12-13-23-18)14-17-8-4-3-5-9-17;/h3-11,18H,2,12-16H2,1H3;1H/t18-;/m0./s1. The smallest absolute Gasteiger partial charge is 0.161 e. The van der Waals surface area contributed by atoms with Gasteiger partial charge < -0.3 is 14.2 Å². The largest absolute Gasteiger partial charge is 0.490 e. The van der Waals surface area contributed by atoms with Crippen molar-refractivity contribution >= 4 is 17.0 Å². The zero-order valence-corrected chi connectivity index (χ0v) is 16.3. The number of ether oxygens (including phenoxy) is 3. The summed E-state index contributed by atoms with van der Waals surface area (Å²) in [6.45, 7) is 6.68. The van der Waals surface area contributed by atoms with E-state index in [1.807, 2.05) is 31.2 Å². The predicted molar refractivity (Wildman–Crippen MR) is 105 cm³/mol. The van der Waals surface area contributed by atoms with Crippen molar-refractivity contribution in [3.63, 3.8) is 0 Å². The van der Waals surface area contributed by atoms with Crippen LogP contribution in [0, 0.1) is 0 Å². The first-order valence-electron chi connectivity index (χ1n) is 8.57. The van der Waals surface area contributed by atoms with Gasteiger partial charge in [0.2, 0.25) is 0 Å². The highest BCUT2D eigenvalue weighted by Crippen LogP contribution is 2.26. The first-order valence-corrected chi connectivity index (χ1v) is 8.57. The number of nitrogens with zero attached hydrogens (tertiary/aromatic N) is 1. The van der Waals surface area contributed by atoms with Gasteiger partial charge in [0, 0.05) is 19.6 Å². The number of morpholine rings is 1. The third-order valence-electron chi connectivity index (χ3n) is 4.05. The van der Waals surface area contributed by atoms with Crippen molar-refractivity contribution in [3.05, 3.63) is 60.2 Å². The van der Waals surface area contributed by atoms with E-state index in [9.17, 15) is 0 Å². The molecule has 0 aromatic heterocycles. The molecule has 5 heteroatoms. The van der Waals surface area contributed by atoms with Crippen LogP contribution in [0.15, 0.2) is 54.6 Å². The summed E-state index contributed by atoms with van der Waals surface area (Å²) in [5.74, 6) is 1.57. The van der Waals surface area contributed by atoms with Gasteiger partial charge in [0.15, 0.2) is 11.5 Å². The van der Waals surface area contributed by atoms with Crippen LogP contribution in [0.1, 0.15) is 12.5 Å². The van der Waals surface area contributed by atoms with E-state index in [-0.39, 0.29) is 23.1 Å². The third kappa shape index (κ3) is 6.03. The Balaban J connectivity index is 0.00000225. The molecule has 1 fully saturated rings. The van der Waals surface area contributed by atoms with Crippen molar-refractivity contribution in [2.75, 3.05) is 32.9 Å². The summed E-state index contributed by atoms with van der Waals surface area (Å²) in [4.78, 5) is 2.42. The lowest BCUT2D eigenvalue weighted by atomic mass is 10.2. The number of hydrogen-bond donors (Lipinski definition) is 0. The second-order valence-electron chi connectivity index (χ2n) is 5.90. The zero-order valence-electron chi connectivity index (χ0n) is 14.6. The molecule has 0 aliphatic carbocycles. The Morgan fingerprint density at radius 1 is 1.00 bits per heavy atom. The Bertz CT molecular complexity index is 623. The van der Waals surface area contributed by atoms with Gasteiger partial charge in [0.1, 0.15) is 12.7 Å². The highest BCUT2D eigenvalue weighted by atomic mass is 79.9. The Labute approximate surface area is 160 Å². The van der Waals surface area contributed by atoms with Crippen molar-refractivity contribution in [2.24, 2.45) is 0 Å². The fourth-order valence-electron chi connectivity index (χ4n) is 2.89. The third-order valence-corrected chi connectivity index (χ3v) is 4.05. The van der Waals surface area contributed by atoms with Gasteiger partial charge in [-0.25, -0.2) is 0 Å². The summed E-state index contributed by atoms with van der Waals surface area (Å²) in [5, 5.41) is 0. The maximum absolute atomic E-state index is 5.95. The van der Waals surface area contributed by atoms with Gasteiger partial charge in [-0.05, 0) is 24.6 Å². The van der Waals surface area contributed by atoms with E-state index in [0.29, 0.717) is 13.2 Å². The average molecular weight is 408 g/mol. The number of halogens is 1. The minimum atomic E-state index is 0. The topological polar surface area (TPSA) is 30.9 Å². The van der Waals surface area contributed by atoms with Crippen LogP contribution in [0.3, 0.4) is 0 Å². The molecule has 0 unspecified atom stereocenters. The van der Waals surface area contributed by atoms with Gasteiger partial charge in [0.05, 0.1) is 13.2 Å². The molecular formula is C20H26BrNO3. The minimum Gasteiger partial charge on any atom is -0.490 e. The van der Waals surface area contributed by atoms with E-state index in [1.165, 1.54) is 5.56 Å².